The van der Waals surface area contributed by atoms with Crippen molar-refractivity contribution >= 4 is 0 Å². The zero-order valence-electron chi connectivity index (χ0n) is 11.8. The van der Waals surface area contributed by atoms with E-state index in [2.05, 4.69) is 13.8 Å². The molecule has 0 aromatic heterocycles. The molecule has 0 aromatic carbocycles. The maximum absolute atomic E-state index is 10.4. The summed E-state index contributed by atoms with van der Waals surface area (Å²) in [6, 6.07) is 0. The topological polar surface area (TPSA) is 29.5 Å². The average Bonchev–Trinajstić information content (AvgIpc) is 2.38. The maximum Gasteiger partial charge on any atom is 0.0858 e. The molecule has 1 saturated carbocycles. The van der Waals surface area contributed by atoms with Crippen LogP contribution in [-0.4, -0.2) is 24.4 Å². The van der Waals surface area contributed by atoms with Crippen LogP contribution in [0, 0.1) is 11.8 Å². The van der Waals surface area contributed by atoms with Gasteiger partial charge in [0.1, 0.15) is 0 Å². The van der Waals surface area contributed by atoms with Gasteiger partial charge < -0.3 is 9.84 Å². The van der Waals surface area contributed by atoms with Gasteiger partial charge in [0.25, 0.3) is 0 Å². The largest absolute Gasteiger partial charge is 0.390 e. The van der Waals surface area contributed by atoms with E-state index in [0.29, 0.717) is 11.8 Å². The molecule has 0 heterocycles. The van der Waals surface area contributed by atoms with Gasteiger partial charge in [0.05, 0.1) is 12.2 Å². The van der Waals surface area contributed by atoms with Crippen molar-refractivity contribution in [1.29, 1.82) is 0 Å². The van der Waals surface area contributed by atoms with E-state index in [-0.39, 0.29) is 12.2 Å². The van der Waals surface area contributed by atoms with Crippen molar-refractivity contribution < 1.29 is 9.84 Å². The van der Waals surface area contributed by atoms with Gasteiger partial charge in [-0.15, -0.1) is 0 Å². The van der Waals surface area contributed by atoms with E-state index in [0.717, 1.165) is 19.3 Å². The highest BCUT2D eigenvalue weighted by Crippen LogP contribution is 2.31. The quantitative estimate of drug-likeness (QED) is 0.736. The maximum atomic E-state index is 10.4. The predicted molar refractivity (Wildman–Crippen MR) is 72.1 cm³/mol. The van der Waals surface area contributed by atoms with Gasteiger partial charge in [-0.3, -0.25) is 0 Å². The van der Waals surface area contributed by atoms with Gasteiger partial charge in [0, 0.05) is 7.11 Å². The minimum atomic E-state index is -0.270. The molecule has 17 heavy (non-hydrogen) atoms. The Morgan fingerprint density at radius 1 is 1.12 bits per heavy atom. The van der Waals surface area contributed by atoms with Crippen LogP contribution in [0.25, 0.3) is 0 Å². The normalized spacial score (nSPS) is 21.7. The van der Waals surface area contributed by atoms with Gasteiger partial charge >= 0.3 is 0 Å². The van der Waals surface area contributed by atoms with Crippen LogP contribution in [0.2, 0.25) is 0 Å². The Kier molecular flexibility index (Phi) is 7.14. The first-order chi connectivity index (χ1) is 8.22. The van der Waals surface area contributed by atoms with Gasteiger partial charge in [0.15, 0.2) is 0 Å². The molecule has 0 radical (unpaired) electrons. The molecule has 2 unspecified atom stereocenters. The highest BCUT2D eigenvalue weighted by atomic mass is 16.5. The fourth-order valence-electron chi connectivity index (χ4n) is 3.22. The smallest absolute Gasteiger partial charge is 0.0858 e. The molecule has 102 valence electrons. The Morgan fingerprint density at radius 3 is 2.18 bits per heavy atom. The average molecular weight is 242 g/mol. The predicted octanol–water partition coefficient (Wildman–Crippen LogP) is 3.77. The summed E-state index contributed by atoms with van der Waals surface area (Å²) in [5, 5.41) is 10.4. The third-order valence-electron chi connectivity index (χ3n) is 4.50. The molecule has 0 spiro atoms. The lowest BCUT2D eigenvalue weighted by Gasteiger charge is -2.33. The number of ether oxygens (including phenoxy) is 1. The summed E-state index contributed by atoms with van der Waals surface area (Å²) < 4.78 is 5.59. The second kappa shape index (κ2) is 8.10. The zero-order chi connectivity index (χ0) is 12.7. The second-order valence-electron chi connectivity index (χ2n) is 5.58. The van der Waals surface area contributed by atoms with Crippen molar-refractivity contribution in [2.24, 2.45) is 11.8 Å². The SMILES string of the molecule is CCC(CC)CC(O)C(OC)C1CCCCC1. The molecular weight excluding hydrogens is 212 g/mol. The Bertz CT molecular complexity index is 183. The Morgan fingerprint density at radius 2 is 1.71 bits per heavy atom. The van der Waals surface area contributed by atoms with Crippen molar-refractivity contribution in [1.82, 2.24) is 0 Å². The van der Waals surface area contributed by atoms with E-state index >= 15 is 0 Å². The lowest BCUT2D eigenvalue weighted by molar-refractivity contribution is -0.0629. The standard InChI is InChI=1S/C15H30O2/c1-4-12(5-2)11-14(16)15(17-3)13-9-7-6-8-10-13/h12-16H,4-11H2,1-3H3. The summed E-state index contributed by atoms with van der Waals surface area (Å²) in [5.41, 5.74) is 0. The van der Waals surface area contributed by atoms with Crippen molar-refractivity contribution in [2.45, 2.75) is 77.4 Å². The number of rotatable bonds is 7. The monoisotopic (exact) mass is 242 g/mol. The summed E-state index contributed by atoms with van der Waals surface area (Å²) in [4.78, 5) is 0. The molecule has 0 saturated heterocycles. The number of methoxy groups -OCH3 is 1. The zero-order valence-corrected chi connectivity index (χ0v) is 11.8. The minimum Gasteiger partial charge on any atom is -0.390 e. The summed E-state index contributed by atoms with van der Waals surface area (Å²) >= 11 is 0. The van der Waals surface area contributed by atoms with Gasteiger partial charge in [-0.05, 0) is 31.1 Å². The number of hydrogen-bond acceptors (Lipinski definition) is 2. The van der Waals surface area contributed by atoms with E-state index < -0.39 is 0 Å². The first-order valence-corrected chi connectivity index (χ1v) is 7.43. The lowest BCUT2D eigenvalue weighted by atomic mass is 9.81. The van der Waals surface area contributed by atoms with Crippen LogP contribution in [0.15, 0.2) is 0 Å². The van der Waals surface area contributed by atoms with Crippen LogP contribution >= 0.6 is 0 Å². The molecule has 0 aromatic rings. The fourth-order valence-corrected chi connectivity index (χ4v) is 3.22. The molecule has 2 atom stereocenters. The van der Waals surface area contributed by atoms with E-state index in [1.165, 1.54) is 32.1 Å². The van der Waals surface area contributed by atoms with Gasteiger partial charge in [-0.2, -0.15) is 0 Å². The van der Waals surface area contributed by atoms with Crippen LogP contribution in [0.5, 0.6) is 0 Å². The summed E-state index contributed by atoms with van der Waals surface area (Å²) in [6.07, 6.45) is 9.46. The van der Waals surface area contributed by atoms with Crippen molar-refractivity contribution in [3.05, 3.63) is 0 Å². The van der Waals surface area contributed by atoms with Crippen LogP contribution in [0.1, 0.15) is 65.2 Å². The summed E-state index contributed by atoms with van der Waals surface area (Å²) in [6.45, 7) is 4.42. The van der Waals surface area contributed by atoms with Gasteiger partial charge in [0.2, 0.25) is 0 Å². The summed E-state index contributed by atoms with van der Waals surface area (Å²) in [5.74, 6) is 1.23. The second-order valence-corrected chi connectivity index (χ2v) is 5.58. The van der Waals surface area contributed by atoms with Crippen molar-refractivity contribution in [3.8, 4) is 0 Å². The number of aliphatic hydroxyl groups excluding tert-OH is 1. The third kappa shape index (κ3) is 4.59. The Hall–Kier alpha value is -0.0800. The Balaban J connectivity index is 2.46. The number of hydrogen-bond donors (Lipinski definition) is 1. The summed E-state index contributed by atoms with van der Waals surface area (Å²) in [7, 11) is 1.76. The first-order valence-electron chi connectivity index (χ1n) is 7.43. The lowest BCUT2D eigenvalue weighted by Crippen LogP contribution is -2.37. The molecule has 0 bridgehead atoms. The van der Waals surface area contributed by atoms with Crippen molar-refractivity contribution in [3.63, 3.8) is 0 Å². The van der Waals surface area contributed by atoms with E-state index in [1.54, 1.807) is 7.11 Å². The molecular formula is C15H30O2. The molecule has 1 fully saturated rings. The minimum absolute atomic E-state index is 0.0656. The van der Waals surface area contributed by atoms with Crippen LogP contribution in [-0.2, 0) is 4.74 Å². The van der Waals surface area contributed by atoms with E-state index in [4.69, 9.17) is 4.74 Å². The number of aliphatic hydroxyl groups is 1. The molecule has 0 amide bonds. The van der Waals surface area contributed by atoms with Crippen LogP contribution < -0.4 is 0 Å². The molecule has 1 aliphatic rings. The molecule has 2 heteroatoms. The molecule has 1 aliphatic carbocycles. The fraction of sp³-hybridized carbons (Fsp3) is 1.00. The van der Waals surface area contributed by atoms with E-state index in [1.807, 2.05) is 0 Å². The third-order valence-corrected chi connectivity index (χ3v) is 4.50. The van der Waals surface area contributed by atoms with Crippen molar-refractivity contribution in [2.75, 3.05) is 7.11 Å². The Labute approximate surface area is 107 Å². The molecule has 1 N–H and O–H groups in total. The van der Waals surface area contributed by atoms with Crippen LogP contribution in [0.3, 0.4) is 0 Å². The highest BCUT2D eigenvalue weighted by Gasteiger charge is 2.30. The van der Waals surface area contributed by atoms with Gasteiger partial charge in [-0.1, -0.05) is 46.0 Å². The van der Waals surface area contributed by atoms with Crippen LogP contribution in [0.4, 0.5) is 0 Å². The highest BCUT2D eigenvalue weighted by molar-refractivity contribution is 4.81. The molecule has 2 nitrogen and oxygen atoms in total. The van der Waals surface area contributed by atoms with E-state index in [9.17, 15) is 5.11 Å². The molecule has 0 aliphatic heterocycles. The molecule has 1 rings (SSSR count). The van der Waals surface area contributed by atoms with Gasteiger partial charge in [-0.25, -0.2) is 0 Å². The first kappa shape index (κ1) is 15.0.